The molecule has 140 valence electrons. The molecule has 0 atom stereocenters. The Kier molecular flexibility index (Phi) is 5.15. The van der Waals surface area contributed by atoms with Crippen LogP contribution in [-0.2, 0) is 6.54 Å². The minimum absolute atomic E-state index is 0.00846. The predicted molar refractivity (Wildman–Crippen MR) is 107 cm³/mol. The number of rotatable bonds is 4. The second-order valence-electron chi connectivity index (χ2n) is 5.68. The number of nitrogens with one attached hydrogen (secondary N) is 1. The summed E-state index contributed by atoms with van der Waals surface area (Å²) in [6.07, 6.45) is 1.51. The average Bonchev–Trinajstić information content (AvgIpc) is 3.03. The highest BCUT2D eigenvalue weighted by molar-refractivity contribution is 7.80. The summed E-state index contributed by atoms with van der Waals surface area (Å²) in [6, 6.07) is 1.85. The number of nitrogen functional groups attached to an aromatic ring is 1. The first-order valence-corrected chi connectivity index (χ1v) is 8.87. The lowest BCUT2D eigenvalue weighted by Crippen LogP contribution is -2.26. The van der Waals surface area contributed by atoms with Crippen LogP contribution in [0.1, 0.15) is 6.92 Å². The molecule has 0 aliphatic carbocycles. The zero-order chi connectivity index (χ0) is 19.7. The zero-order valence-corrected chi connectivity index (χ0v) is 15.6. The van der Waals surface area contributed by atoms with E-state index in [2.05, 4.69) is 15.5 Å². The number of aromatic nitrogens is 2. The fraction of sp³-hybridized carbons (Fsp3) is 0.125. The number of hydrogen-bond acceptors (Lipinski definition) is 6. The lowest BCUT2D eigenvalue weighted by molar-refractivity contribution is 0.510. The third-order valence-corrected chi connectivity index (χ3v) is 4.44. The van der Waals surface area contributed by atoms with Gasteiger partial charge in [-0.25, -0.2) is 13.8 Å². The third-order valence-electron chi connectivity index (χ3n) is 3.68. The van der Waals surface area contributed by atoms with Crippen molar-refractivity contribution in [2.45, 2.75) is 13.5 Å². The maximum atomic E-state index is 13.8. The minimum Gasteiger partial charge on any atom is -0.375 e. The predicted octanol–water partition coefficient (Wildman–Crippen LogP) is 2.19. The van der Waals surface area contributed by atoms with Gasteiger partial charge in [-0.2, -0.15) is 5.10 Å². The molecule has 0 unspecified atom stereocenters. The normalized spacial score (nSPS) is 11.7. The maximum Gasteiger partial charge on any atom is 0.198 e. The number of pyridine rings is 1. The van der Waals surface area contributed by atoms with Crippen molar-refractivity contribution in [3.05, 3.63) is 45.6 Å². The molecule has 2 heterocycles. The van der Waals surface area contributed by atoms with Gasteiger partial charge in [0.1, 0.15) is 0 Å². The van der Waals surface area contributed by atoms with Gasteiger partial charge in [0.05, 0.1) is 29.0 Å². The number of hydrazone groups is 1. The van der Waals surface area contributed by atoms with Crippen LogP contribution >= 0.6 is 23.6 Å². The number of thiazole rings is 1. The van der Waals surface area contributed by atoms with Crippen LogP contribution in [-0.4, -0.2) is 20.4 Å². The van der Waals surface area contributed by atoms with Gasteiger partial charge >= 0.3 is 0 Å². The van der Waals surface area contributed by atoms with E-state index in [0.29, 0.717) is 16.5 Å². The molecule has 5 N–H and O–H groups in total. The van der Waals surface area contributed by atoms with Gasteiger partial charge in [0.15, 0.2) is 27.3 Å². The topological polar surface area (TPSA) is 111 Å². The van der Waals surface area contributed by atoms with E-state index in [0.717, 1.165) is 12.1 Å². The SMILES string of the molecule is C/C(Cn1cc(-c2csc(N)n2)c(=O)c2cc(F)c(F)cc21)=N\NC(N)=S. The van der Waals surface area contributed by atoms with Gasteiger partial charge in [0, 0.05) is 23.0 Å². The van der Waals surface area contributed by atoms with Crippen LogP contribution in [0.5, 0.6) is 0 Å². The third kappa shape index (κ3) is 3.93. The quantitative estimate of drug-likeness (QED) is 0.347. The molecular formula is C16H14F2N6OS2. The number of anilines is 1. The highest BCUT2D eigenvalue weighted by Crippen LogP contribution is 2.24. The van der Waals surface area contributed by atoms with Crippen molar-refractivity contribution in [2.24, 2.45) is 10.8 Å². The van der Waals surface area contributed by atoms with Crippen LogP contribution in [0.15, 0.2) is 33.6 Å². The fourth-order valence-corrected chi connectivity index (χ4v) is 3.15. The standard InChI is InChI=1S/C16H14F2N6OS2/c1-7(22-23-15(19)26)4-24-5-9(12-6-27-16(20)21-12)14(25)8-2-10(17)11(18)3-13(8)24/h2-3,5-6H,4H2,1H3,(H2,20,21)(H3,19,23,26)/b22-7+. The summed E-state index contributed by atoms with van der Waals surface area (Å²) in [5.74, 6) is -2.17. The molecule has 0 aliphatic heterocycles. The van der Waals surface area contributed by atoms with Crippen LogP contribution in [0.2, 0.25) is 0 Å². The molecule has 0 aliphatic rings. The number of nitrogens with zero attached hydrogens (tertiary/aromatic N) is 3. The molecular weight excluding hydrogens is 394 g/mol. The van der Waals surface area contributed by atoms with Gasteiger partial charge in [0.2, 0.25) is 0 Å². The summed E-state index contributed by atoms with van der Waals surface area (Å²) in [5, 5.41) is 5.92. The smallest absolute Gasteiger partial charge is 0.198 e. The zero-order valence-electron chi connectivity index (χ0n) is 14.0. The van der Waals surface area contributed by atoms with Gasteiger partial charge in [-0.15, -0.1) is 11.3 Å². The van der Waals surface area contributed by atoms with E-state index in [1.807, 2.05) is 0 Å². The molecule has 3 rings (SSSR count). The first kappa shape index (κ1) is 18.9. The van der Waals surface area contributed by atoms with Gasteiger partial charge in [-0.3, -0.25) is 10.2 Å². The Labute approximate surface area is 161 Å². The average molecular weight is 408 g/mol. The van der Waals surface area contributed by atoms with Crippen molar-refractivity contribution < 1.29 is 8.78 Å². The largest absolute Gasteiger partial charge is 0.375 e. The molecule has 7 nitrogen and oxygen atoms in total. The second-order valence-corrected chi connectivity index (χ2v) is 7.01. The first-order chi connectivity index (χ1) is 12.8. The van der Waals surface area contributed by atoms with Gasteiger partial charge < -0.3 is 16.0 Å². The Morgan fingerprint density at radius 1 is 1.41 bits per heavy atom. The Hall–Kier alpha value is -2.92. The summed E-state index contributed by atoms with van der Waals surface area (Å²) >= 11 is 5.86. The van der Waals surface area contributed by atoms with Crippen LogP contribution < -0.4 is 22.3 Å². The Balaban J connectivity index is 2.22. The summed E-state index contributed by atoms with van der Waals surface area (Å²) in [5.41, 5.74) is 14.3. The van der Waals surface area contributed by atoms with Crippen molar-refractivity contribution in [1.29, 1.82) is 0 Å². The highest BCUT2D eigenvalue weighted by Gasteiger charge is 2.16. The lowest BCUT2D eigenvalue weighted by atomic mass is 10.1. The van der Waals surface area contributed by atoms with E-state index in [4.69, 9.17) is 23.7 Å². The molecule has 0 amide bonds. The second kappa shape index (κ2) is 7.37. The van der Waals surface area contributed by atoms with Crippen molar-refractivity contribution in [2.75, 3.05) is 5.73 Å². The number of halogens is 2. The van der Waals surface area contributed by atoms with Crippen LogP contribution in [0.25, 0.3) is 22.2 Å². The van der Waals surface area contributed by atoms with Crippen LogP contribution in [0, 0.1) is 11.6 Å². The number of hydrogen-bond donors (Lipinski definition) is 3. The van der Waals surface area contributed by atoms with E-state index in [9.17, 15) is 13.6 Å². The fourth-order valence-electron chi connectivity index (χ4n) is 2.54. The Morgan fingerprint density at radius 2 is 2.11 bits per heavy atom. The molecule has 0 bridgehead atoms. The van der Waals surface area contributed by atoms with E-state index in [1.54, 1.807) is 16.9 Å². The van der Waals surface area contributed by atoms with Crippen molar-refractivity contribution in [3.63, 3.8) is 0 Å². The van der Waals surface area contributed by atoms with Gasteiger partial charge in [-0.05, 0) is 25.2 Å². The summed E-state index contributed by atoms with van der Waals surface area (Å²) in [7, 11) is 0. The Morgan fingerprint density at radius 3 is 2.74 bits per heavy atom. The van der Waals surface area contributed by atoms with Crippen LogP contribution in [0.4, 0.5) is 13.9 Å². The van der Waals surface area contributed by atoms with E-state index < -0.39 is 17.1 Å². The number of benzene rings is 1. The van der Waals surface area contributed by atoms with Crippen LogP contribution in [0.3, 0.4) is 0 Å². The summed E-state index contributed by atoms with van der Waals surface area (Å²) in [4.78, 5) is 16.9. The summed E-state index contributed by atoms with van der Waals surface area (Å²) < 4.78 is 29.1. The van der Waals surface area contributed by atoms with E-state index >= 15 is 0 Å². The molecule has 0 saturated heterocycles. The summed E-state index contributed by atoms with van der Waals surface area (Å²) in [6.45, 7) is 1.86. The maximum absolute atomic E-state index is 13.8. The van der Waals surface area contributed by atoms with Gasteiger partial charge in [-0.1, -0.05) is 0 Å². The lowest BCUT2D eigenvalue weighted by Gasteiger charge is -2.13. The molecule has 0 fully saturated rings. The molecule has 2 aromatic heterocycles. The number of fused-ring (bicyclic) bond motifs is 1. The molecule has 3 aromatic rings. The highest BCUT2D eigenvalue weighted by atomic mass is 32.1. The van der Waals surface area contributed by atoms with E-state index in [1.165, 1.54) is 17.5 Å². The first-order valence-electron chi connectivity index (χ1n) is 7.58. The molecule has 1 aromatic carbocycles. The molecule has 0 radical (unpaired) electrons. The van der Waals surface area contributed by atoms with Crippen molar-refractivity contribution in [3.8, 4) is 11.3 Å². The number of nitrogens with two attached hydrogens (primary N) is 2. The van der Waals surface area contributed by atoms with Gasteiger partial charge in [0.25, 0.3) is 0 Å². The Bertz CT molecular complexity index is 1140. The minimum atomic E-state index is -1.11. The molecule has 11 heteroatoms. The van der Waals surface area contributed by atoms with Crippen molar-refractivity contribution >= 4 is 50.4 Å². The molecule has 0 saturated carbocycles. The molecule has 27 heavy (non-hydrogen) atoms. The number of thiocarbonyl (C=S) groups is 1. The molecule has 0 spiro atoms. The monoisotopic (exact) mass is 408 g/mol. The van der Waals surface area contributed by atoms with E-state index in [-0.39, 0.29) is 28.1 Å². The van der Waals surface area contributed by atoms with Crippen molar-refractivity contribution in [1.82, 2.24) is 15.0 Å².